The standard InChI is InChI=1S/C19H22N2O4/c1-13-8-9-14(2)17(10-13)25-12-19(23)21-20-18(22)11-15-6-4-5-7-16(15)24-3/h4-10H,11-12H2,1-3H3,(H,20,22)(H,21,23). The summed E-state index contributed by atoms with van der Waals surface area (Å²) in [6.07, 6.45) is 0.0993. The maximum absolute atomic E-state index is 11.9. The van der Waals surface area contributed by atoms with Gasteiger partial charge in [0.1, 0.15) is 11.5 Å². The zero-order chi connectivity index (χ0) is 18.2. The summed E-state index contributed by atoms with van der Waals surface area (Å²) in [5.74, 6) is 0.497. The van der Waals surface area contributed by atoms with Crippen molar-refractivity contribution in [2.24, 2.45) is 0 Å². The van der Waals surface area contributed by atoms with Crippen molar-refractivity contribution in [2.45, 2.75) is 20.3 Å². The van der Waals surface area contributed by atoms with Gasteiger partial charge in [0.2, 0.25) is 5.91 Å². The van der Waals surface area contributed by atoms with Gasteiger partial charge in [-0.05, 0) is 37.1 Å². The summed E-state index contributed by atoms with van der Waals surface area (Å²) in [6.45, 7) is 3.67. The summed E-state index contributed by atoms with van der Waals surface area (Å²) in [6, 6.07) is 13.0. The summed E-state index contributed by atoms with van der Waals surface area (Å²) in [4.78, 5) is 23.8. The van der Waals surface area contributed by atoms with Crippen LogP contribution in [0.5, 0.6) is 11.5 Å². The molecule has 0 heterocycles. The first kappa shape index (κ1) is 18.3. The number of amides is 2. The van der Waals surface area contributed by atoms with Gasteiger partial charge < -0.3 is 9.47 Å². The van der Waals surface area contributed by atoms with E-state index in [9.17, 15) is 9.59 Å². The zero-order valence-electron chi connectivity index (χ0n) is 14.6. The molecule has 2 N–H and O–H groups in total. The number of hydrazine groups is 1. The molecule has 0 aliphatic carbocycles. The Balaban J connectivity index is 1.79. The molecule has 0 saturated carbocycles. The topological polar surface area (TPSA) is 76.7 Å². The van der Waals surface area contributed by atoms with Gasteiger partial charge in [0.15, 0.2) is 6.61 Å². The number of aryl methyl sites for hydroxylation is 2. The summed E-state index contributed by atoms with van der Waals surface area (Å²) >= 11 is 0. The number of hydrogen-bond acceptors (Lipinski definition) is 4. The van der Waals surface area contributed by atoms with Crippen molar-refractivity contribution in [2.75, 3.05) is 13.7 Å². The van der Waals surface area contributed by atoms with Crippen LogP contribution >= 0.6 is 0 Å². The molecule has 2 rings (SSSR count). The van der Waals surface area contributed by atoms with Crippen molar-refractivity contribution in [3.63, 3.8) is 0 Å². The van der Waals surface area contributed by atoms with Crippen LogP contribution < -0.4 is 20.3 Å². The largest absolute Gasteiger partial charge is 0.496 e. The van der Waals surface area contributed by atoms with E-state index in [4.69, 9.17) is 9.47 Å². The van der Waals surface area contributed by atoms with Crippen LogP contribution in [-0.2, 0) is 16.0 Å². The molecule has 0 bridgehead atoms. The fraction of sp³-hybridized carbons (Fsp3) is 0.263. The fourth-order valence-electron chi connectivity index (χ4n) is 2.25. The molecule has 0 spiro atoms. The van der Waals surface area contributed by atoms with Crippen molar-refractivity contribution in [1.82, 2.24) is 10.9 Å². The third kappa shape index (κ3) is 5.53. The van der Waals surface area contributed by atoms with Crippen molar-refractivity contribution in [3.05, 3.63) is 59.2 Å². The van der Waals surface area contributed by atoms with Crippen LogP contribution in [0.15, 0.2) is 42.5 Å². The maximum atomic E-state index is 11.9. The van der Waals surface area contributed by atoms with E-state index in [0.717, 1.165) is 16.7 Å². The molecule has 0 atom stereocenters. The van der Waals surface area contributed by atoms with Crippen LogP contribution in [0, 0.1) is 13.8 Å². The Hall–Kier alpha value is -3.02. The highest BCUT2D eigenvalue weighted by atomic mass is 16.5. The molecule has 0 radical (unpaired) electrons. The van der Waals surface area contributed by atoms with Gasteiger partial charge in [0.05, 0.1) is 13.5 Å². The Bertz CT molecular complexity index is 759. The molecule has 0 aliphatic rings. The first-order valence-corrected chi connectivity index (χ1v) is 7.89. The van der Waals surface area contributed by atoms with Gasteiger partial charge in [-0.1, -0.05) is 30.3 Å². The SMILES string of the molecule is COc1ccccc1CC(=O)NNC(=O)COc1cc(C)ccc1C. The third-order valence-electron chi connectivity index (χ3n) is 3.59. The summed E-state index contributed by atoms with van der Waals surface area (Å²) in [5, 5.41) is 0. The van der Waals surface area contributed by atoms with Gasteiger partial charge in [0, 0.05) is 5.56 Å². The fourth-order valence-corrected chi connectivity index (χ4v) is 2.25. The minimum atomic E-state index is -0.436. The lowest BCUT2D eigenvalue weighted by atomic mass is 10.1. The van der Waals surface area contributed by atoms with Gasteiger partial charge in [-0.25, -0.2) is 0 Å². The van der Waals surface area contributed by atoms with Crippen LogP contribution in [0.1, 0.15) is 16.7 Å². The molecule has 0 saturated heterocycles. The Kier molecular flexibility index (Phi) is 6.39. The van der Waals surface area contributed by atoms with E-state index in [-0.39, 0.29) is 18.9 Å². The Morgan fingerprint density at radius 1 is 0.960 bits per heavy atom. The van der Waals surface area contributed by atoms with Crippen molar-refractivity contribution in [3.8, 4) is 11.5 Å². The zero-order valence-corrected chi connectivity index (χ0v) is 14.6. The average molecular weight is 342 g/mol. The first-order valence-electron chi connectivity index (χ1n) is 7.89. The normalized spacial score (nSPS) is 10.0. The maximum Gasteiger partial charge on any atom is 0.276 e. The Morgan fingerprint density at radius 3 is 2.44 bits per heavy atom. The highest BCUT2D eigenvalue weighted by molar-refractivity contribution is 5.84. The predicted molar refractivity (Wildman–Crippen MR) is 94.4 cm³/mol. The lowest BCUT2D eigenvalue weighted by Gasteiger charge is -2.11. The quantitative estimate of drug-likeness (QED) is 0.788. The van der Waals surface area contributed by atoms with Crippen LogP contribution in [0.3, 0.4) is 0 Å². The van der Waals surface area contributed by atoms with Crippen LogP contribution in [-0.4, -0.2) is 25.5 Å². The number of rotatable bonds is 6. The second-order valence-corrected chi connectivity index (χ2v) is 5.64. The Morgan fingerprint density at radius 2 is 1.68 bits per heavy atom. The van der Waals surface area contributed by atoms with E-state index in [1.54, 1.807) is 19.2 Å². The van der Waals surface area contributed by atoms with E-state index < -0.39 is 5.91 Å². The molecule has 0 unspecified atom stereocenters. The molecule has 0 aromatic heterocycles. The molecule has 6 heteroatoms. The summed E-state index contributed by atoms with van der Waals surface area (Å²) < 4.78 is 10.7. The van der Waals surface area contributed by atoms with Crippen LogP contribution in [0.25, 0.3) is 0 Å². The summed E-state index contributed by atoms with van der Waals surface area (Å²) in [5.41, 5.74) is 7.44. The number of nitrogens with one attached hydrogen (secondary N) is 2. The molecule has 2 amide bonds. The van der Waals surface area contributed by atoms with E-state index >= 15 is 0 Å². The number of carbonyl (C=O) groups excluding carboxylic acids is 2. The van der Waals surface area contributed by atoms with Gasteiger partial charge in [-0.15, -0.1) is 0 Å². The second-order valence-electron chi connectivity index (χ2n) is 5.64. The highest BCUT2D eigenvalue weighted by Crippen LogP contribution is 2.19. The minimum absolute atomic E-state index is 0.0993. The molecule has 0 aliphatic heterocycles. The van der Waals surface area contributed by atoms with Gasteiger partial charge >= 0.3 is 0 Å². The van der Waals surface area contributed by atoms with Crippen LogP contribution in [0.4, 0.5) is 0 Å². The lowest BCUT2D eigenvalue weighted by Crippen LogP contribution is -2.44. The number of benzene rings is 2. The highest BCUT2D eigenvalue weighted by Gasteiger charge is 2.10. The van der Waals surface area contributed by atoms with E-state index in [2.05, 4.69) is 10.9 Å². The molecule has 132 valence electrons. The van der Waals surface area contributed by atoms with Crippen molar-refractivity contribution >= 4 is 11.8 Å². The third-order valence-corrected chi connectivity index (χ3v) is 3.59. The Labute approximate surface area is 147 Å². The van der Waals surface area contributed by atoms with Crippen molar-refractivity contribution < 1.29 is 19.1 Å². The van der Waals surface area contributed by atoms with Gasteiger partial charge in [-0.3, -0.25) is 20.4 Å². The number of carbonyl (C=O) groups is 2. The monoisotopic (exact) mass is 342 g/mol. The van der Waals surface area contributed by atoms with Crippen LogP contribution in [0.2, 0.25) is 0 Å². The van der Waals surface area contributed by atoms with E-state index in [1.165, 1.54) is 0 Å². The average Bonchev–Trinajstić information content (AvgIpc) is 2.61. The minimum Gasteiger partial charge on any atom is -0.496 e. The number of para-hydroxylation sites is 1. The number of hydrogen-bond donors (Lipinski definition) is 2. The molecule has 6 nitrogen and oxygen atoms in total. The molecular weight excluding hydrogens is 320 g/mol. The molecule has 2 aromatic rings. The predicted octanol–water partition coefficient (Wildman–Crippen LogP) is 2.08. The number of ether oxygens (including phenoxy) is 2. The molecule has 25 heavy (non-hydrogen) atoms. The van der Waals surface area contributed by atoms with E-state index in [1.807, 2.05) is 44.2 Å². The van der Waals surface area contributed by atoms with E-state index in [0.29, 0.717) is 11.5 Å². The van der Waals surface area contributed by atoms with Gasteiger partial charge in [0.25, 0.3) is 5.91 Å². The lowest BCUT2D eigenvalue weighted by molar-refractivity contribution is -0.129. The second kappa shape index (κ2) is 8.73. The van der Waals surface area contributed by atoms with Gasteiger partial charge in [-0.2, -0.15) is 0 Å². The molecular formula is C19H22N2O4. The van der Waals surface area contributed by atoms with Crippen molar-refractivity contribution in [1.29, 1.82) is 0 Å². The smallest absolute Gasteiger partial charge is 0.276 e. The molecule has 2 aromatic carbocycles. The molecule has 0 fully saturated rings. The summed E-state index contributed by atoms with van der Waals surface area (Å²) in [7, 11) is 1.54. The first-order chi connectivity index (χ1) is 12.0. The number of methoxy groups -OCH3 is 1.